The molecule has 2 aromatic rings. The van der Waals surface area contributed by atoms with Gasteiger partial charge in [-0.05, 0) is 66.0 Å². The van der Waals surface area contributed by atoms with Crippen LogP contribution in [0.15, 0.2) is 54.6 Å². The summed E-state index contributed by atoms with van der Waals surface area (Å²) in [5.41, 5.74) is 3.95. The molecule has 1 aliphatic heterocycles. The van der Waals surface area contributed by atoms with Gasteiger partial charge in [0.25, 0.3) is 5.91 Å². The first-order valence-corrected chi connectivity index (χ1v) is 12.1. The first-order chi connectivity index (χ1) is 15.9. The molecule has 2 aliphatic rings. The Morgan fingerprint density at radius 3 is 2.21 bits per heavy atom. The molecule has 0 spiro atoms. The molecule has 2 unspecified atom stereocenters. The van der Waals surface area contributed by atoms with Crippen LogP contribution in [0.5, 0.6) is 0 Å². The van der Waals surface area contributed by atoms with Gasteiger partial charge in [0.1, 0.15) is 0 Å². The number of rotatable bonds is 8. The highest BCUT2D eigenvalue weighted by Crippen LogP contribution is 2.22. The van der Waals surface area contributed by atoms with E-state index in [2.05, 4.69) is 53.6 Å². The zero-order chi connectivity index (χ0) is 23.2. The second-order valence-electron chi connectivity index (χ2n) is 9.88. The second kappa shape index (κ2) is 10.8. The molecule has 2 fully saturated rings. The molecule has 1 heterocycles. The Balaban J connectivity index is 1.21. The van der Waals surface area contributed by atoms with Crippen molar-refractivity contribution < 1.29 is 9.59 Å². The molecule has 2 amide bonds. The predicted molar refractivity (Wildman–Crippen MR) is 132 cm³/mol. The highest BCUT2D eigenvalue weighted by atomic mass is 16.2. The third kappa shape index (κ3) is 7.29. The lowest BCUT2D eigenvalue weighted by molar-refractivity contribution is -0.116. The van der Waals surface area contributed by atoms with Crippen LogP contribution in [0.1, 0.15) is 60.2 Å². The minimum absolute atomic E-state index is 0.0307. The lowest BCUT2D eigenvalue weighted by Crippen LogP contribution is -2.38. The van der Waals surface area contributed by atoms with Crippen LogP contribution in [0.2, 0.25) is 0 Å². The van der Waals surface area contributed by atoms with E-state index in [1.807, 2.05) is 12.1 Å². The fourth-order valence-corrected chi connectivity index (χ4v) is 4.60. The molecule has 1 saturated carbocycles. The number of nitrogens with zero attached hydrogens (tertiary/aromatic N) is 1. The third-order valence-electron chi connectivity index (χ3n) is 6.35. The highest BCUT2D eigenvalue weighted by molar-refractivity contribution is 5.95. The van der Waals surface area contributed by atoms with E-state index in [4.69, 9.17) is 0 Å². The van der Waals surface area contributed by atoms with Crippen LogP contribution in [0.4, 0.5) is 0 Å². The van der Waals surface area contributed by atoms with Gasteiger partial charge in [0.05, 0.1) is 0 Å². The van der Waals surface area contributed by atoms with Crippen molar-refractivity contribution in [2.24, 2.45) is 11.8 Å². The maximum Gasteiger partial charge on any atom is 0.251 e. The number of likely N-dealkylation sites (tertiary alicyclic amines) is 1. The predicted octanol–water partition coefficient (Wildman–Crippen LogP) is 4.39. The molecule has 2 atom stereocenters. The van der Waals surface area contributed by atoms with Crippen LogP contribution in [0.25, 0.3) is 6.08 Å². The van der Waals surface area contributed by atoms with Crippen LogP contribution in [0.3, 0.4) is 0 Å². The second-order valence-corrected chi connectivity index (χ2v) is 9.88. The van der Waals surface area contributed by atoms with E-state index in [1.54, 1.807) is 18.2 Å². The molecular weight excluding hydrogens is 410 g/mol. The Morgan fingerprint density at radius 1 is 0.939 bits per heavy atom. The molecule has 1 saturated heterocycles. The first kappa shape index (κ1) is 23.2. The van der Waals surface area contributed by atoms with Gasteiger partial charge in [-0.3, -0.25) is 14.5 Å². The van der Waals surface area contributed by atoms with Crippen molar-refractivity contribution in [3.8, 4) is 0 Å². The Bertz CT molecular complexity index is 967. The Hall–Kier alpha value is -2.92. The molecule has 4 rings (SSSR count). The number of hydrogen-bond acceptors (Lipinski definition) is 3. The smallest absolute Gasteiger partial charge is 0.251 e. The van der Waals surface area contributed by atoms with Crippen molar-refractivity contribution in [3.63, 3.8) is 0 Å². The van der Waals surface area contributed by atoms with E-state index < -0.39 is 0 Å². The summed E-state index contributed by atoms with van der Waals surface area (Å²) in [7, 11) is 0. The van der Waals surface area contributed by atoms with Crippen molar-refractivity contribution in [2.45, 2.75) is 52.2 Å². The number of amides is 2. The van der Waals surface area contributed by atoms with Crippen LogP contribution < -0.4 is 10.6 Å². The summed E-state index contributed by atoms with van der Waals surface area (Å²) < 4.78 is 0. The van der Waals surface area contributed by atoms with E-state index in [1.165, 1.54) is 31.1 Å². The van der Waals surface area contributed by atoms with Crippen LogP contribution in [-0.2, 0) is 17.9 Å². The number of nitrogens with one attached hydrogen (secondary N) is 2. The van der Waals surface area contributed by atoms with Gasteiger partial charge in [0, 0.05) is 43.9 Å². The van der Waals surface area contributed by atoms with Gasteiger partial charge in [0.15, 0.2) is 0 Å². The van der Waals surface area contributed by atoms with Crippen LogP contribution in [-0.4, -0.2) is 35.8 Å². The maximum atomic E-state index is 12.2. The lowest BCUT2D eigenvalue weighted by atomic mass is 9.91. The molecule has 0 bridgehead atoms. The average Bonchev–Trinajstić information content (AvgIpc) is 3.61. The summed E-state index contributed by atoms with van der Waals surface area (Å²) in [5.74, 6) is 1.37. The van der Waals surface area contributed by atoms with E-state index >= 15 is 0 Å². The molecule has 0 radical (unpaired) electrons. The van der Waals surface area contributed by atoms with Crippen molar-refractivity contribution in [1.29, 1.82) is 0 Å². The van der Waals surface area contributed by atoms with Crippen molar-refractivity contribution in [1.82, 2.24) is 15.5 Å². The number of carbonyl (C=O) groups is 2. The van der Waals surface area contributed by atoms with Gasteiger partial charge in [-0.1, -0.05) is 50.2 Å². The summed E-state index contributed by atoms with van der Waals surface area (Å²) in [5, 5.41) is 5.92. The summed E-state index contributed by atoms with van der Waals surface area (Å²) >= 11 is 0. The van der Waals surface area contributed by atoms with E-state index in [-0.39, 0.29) is 11.8 Å². The number of hydrogen-bond donors (Lipinski definition) is 2. The summed E-state index contributed by atoms with van der Waals surface area (Å²) in [6, 6.07) is 16.2. The molecule has 5 heteroatoms. The number of benzene rings is 2. The molecule has 1 aliphatic carbocycles. The van der Waals surface area contributed by atoms with Gasteiger partial charge in [-0.2, -0.15) is 0 Å². The minimum Gasteiger partial charge on any atom is -0.349 e. The molecule has 5 nitrogen and oxygen atoms in total. The van der Waals surface area contributed by atoms with Crippen molar-refractivity contribution in [2.75, 3.05) is 13.1 Å². The van der Waals surface area contributed by atoms with Gasteiger partial charge in [-0.25, -0.2) is 0 Å². The monoisotopic (exact) mass is 445 g/mol. The fraction of sp³-hybridized carbons (Fsp3) is 0.429. The van der Waals surface area contributed by atoms with Gasteiger partial charge in [-0.15, -0.1) is 0 Å². The Kier molecular flexibility index (Phi) is 7.61. The van der Waals surface area contributed by atoms with E-state index in [0.717, 1.165) is 42.3 Å². The molecule has 0 aromatic heterocycles. The zero-order valence-electron chi connectivity index (χ0n) is 19.7. The van der Waals surface area contributed by atoms with E-state index in [0.29, 0.717) is 18.2 Å². The molecule has 2 aromatic carbocycles. The standard InChI is InChI=1S/C28H35N3O2/c1-20-15-21(2)18-31(17-20)19-24-5-3-23(4-6-24)16-29-27(32)14-9-22-7-10-25(11-8-22)28(33)30-26-12-13-26/h3-11,14,20-21,26H,12-13,15-19H2,1-2H3,(H,29,32)(H,30,33)/b14-9+. The van der Waals surface area contributed by atoms with Gasteiger partial charge < -0.3 is 10.6 Å². The average molecular weight is 446 g/mol. The van der Waals surface area contributed by atoms with Gasteiger partial charge >= 0.3 is 0 Å². The largest absolute Gasteiger partial charge is 0.349 e. The zero-order valence-corrected chi connectivity index (χ0v) is 19.7. The lowest BCUT2D eigenvalue weighted by Gasteiger charge is -2.35. The minimum atomic E-state index is -0.133. The topological polar surface area (TPSA) is 61.4 Å². The Labute approximate surface area is 197 Å². The number of piperidine rings is 1. The van der Waals surface area contributed by atoms with Crippen LogP contribution >= 0.6 is 0 Å². The summed E-state index contributed by atoms with van der Waals surface area (Å²) in [6.07, 6.45) is 6.77. The summed E-state index contributed by atoms with van der Waals surface area (Å²) in [4.78, 5) is 26.8. The van der Waals surface area contributed by atoms with E-state index in [9.17, 15) is 9.59 Å². The molecule has 174 valence electrons. The highest BCUT2D eigenvalue weighted by Gasteiger charge is 2.23. The van der Waals surface area contributed by atoms with Gasteiger partial charge in [0.2, 0.25) is 5.91 Å². The third-order valence-corrected chi connectivity index (χ3v) is 6.35. The SMILES string of the molecule is CC1CC(C)CN(Cc2ccc(CNC(=O)/C=C/c3ccc(C(=O)NC4CC4)cc3)cc2)C1. The van der Waals surface area contributed by atoms with Crippen molar-refractivity contribution in [3.05, 3.63) is 76.9 Å². The normalized spacial score (nSPS) is 21.2. The van der Waals surface area contributed by atoms with Crippen LogP contribution in [0, 0.1) is 11.8 Å². The molecule has 33 heavy (non-hydrogen) atoms. The fourth-order valence-electron chi connectivity index (χ4n) is 4.60. The van der Waals surface area contributed by atoms with Crippen molar-refractivity contribution >= 4 is 17.9 Å². The molecule has 2 N–H and O–H groups in total. The quantitative estimate of drug-likeness (QED) is 0.593. The summed E-state index contributed by atoms with van der Waals surface area (Å²) in [6.45, 7) is 8.52. The first-order valence-electron chi connectivity index (χ1n) is 12.1. The maximum absolute atomic E-state index is 12.2. The molecular formula is C28H35N3O2. The Morgan fingerprint density at radius 2 is 1.58 bits per heavy atom. The number of carbonyl (C=O) groups excluding carboxylic acids is 2.